The SMILES string of the molecule is CC1(C)OC(=C2C(=O)Nc3cc(F)ccc32)C=C1c1ccc(CCN2CCC(CO)CC2)nc1. The van der Waals surface area contributed by atoms with Crippen LogP contribution in [-0.2, 0) is 16.0 Å². The Hall–Kier alpha value is -3.03. The summed E-state index contributed by atoms with van der Waals surface area (Å²) in [6, 6.07) is 8.39. The summed E-state index contributed by atoms with van der Waals surface area (Å²) in [5.41, 5.74) is 3.83. The number of piperidine rings is 1. The molecule has 34 heavy (non-hydrogen) atoms. The molecule has 1 saturated heterocycles. The van der Waals surface area contributed by atoms with Gasteiger partial charge in [0.25, 0.3) is 5.91 Å². The van der Waals surface area contributed by atoms with Crippen LogP contribution in [0.5, 0.6) is 0 Å². The zero-order valence-electron chi connectivity index (χ0n) is 19.6. The highest BCUT2D eigenvalue weighted by Gasteiger charge is 2.38. The van der Waals surface area contributed by atoms with Crippen molar-refractivity contribution in [2.75, 3.05) is 31.6 Å². The van der Waals surface area contributed by atoms with Crippen LogP contribution in [0.25, 0.3) is 11.1 Å². The van der Waals surface area contributed by atoms with E-state index in [0.717, 1.165) is 55.7 Å². The molecule has 3 aliphatic rings. The van der Waals surface area contributed by atoms with Gasteiger partial charge in [0.05, 0.1) is 11.3 Å². The number of benzene rings is 1. The number of halogens is 1. The number of aliphatic hydroxyl groups is 1. The van der Waals surface area contributed by atoms with E-state index in [1.807, 2.05) is 26.1 Å². The first-order valence-corrected chi connectivity index (χ1v) is 11.9. The largest absolute Gasteiger partial charge is 0.482 e. The Kier molecular flexibility index (Phi) is 6.00. The minimum Gasteiger partial charge on any atom is -0.482 e. The Morgan fingerprint density at radius 3 is 2.74 bits per heavy atom. The van der Waals surface area contributed by atoms with Gasteiger partial charge in [-0.25, -0.2) is 4.39 Å². The number of likely N-dealkylation sites (tertiary alicyclic amines) is 1. The van der Waals surface area contributed by atoms with E-state index in [1.54, 1.807) is 6.07 Å². The molecule has 0 radical (unpaired) electrons. The Bertz CT molecular complexity index is 1160. The molecule has 0 unspecified atom stereocenters. The Morgan fingerprint density at radius 1 is 1.24 bits per heavy atom. The van der Waals surface area contributed by atoms with Gasteiger partial charge in [-0.2, -0.15) is 0 Å². The third-order valence-corrected chi connectivity index (χ3v) is 7.05. The number of amides is 1. The smallest absolute Gasteiger partial charge is 0.260 e. The first kappa shape index (κ1) is 22.7. The van der Waals surface area contributed by atoms with Crippen LogP contribution in [0.2, 0.25) is 0 Å². The van der Waals surface area contributed by atoms with Crippen molar-refractivity contribution in [1.82, 2.24) is 9.88 Å². The molecule has 7 heteroatoms. The van der Waals surface area contributed by atoms with Crippen molar-refractivity contribution in [3.63, 3.8) is 0 Å². The summed E-state index contributed by atoms with van der Waals surface area (Å²) in [5, 5.41) is 12.0. The number of carbonyl (C=O) groups excluding carboxylic acids is 1. The molecule has 5 rings (SSSR count). The number of aliphatic hydroxyl groups excluding tert-OH is 1. The second-order valence-corrected chi connectivity index (χ2v) is 9.81. The van der Waals surface area contributed by atoms with Crippen LogP contribution in [0.15, 0.2) is 48.4 Å². The second kappa shape index (κ2) is 8.96. The molecule has 0 aliphatic carbocycles. The van der Waals surface area contributed by atoms with Crippen LogP contribution in [0, 0.1) is 11.7 Å². The highest BCUT2D eigenvalue weighted by Crippen LogP contribution is 2.44. The van der Waals surface area contributed by atoms with Crippen LogP contribution >= 0.6 is 0 Å². The average Bonchev–Trinajstić information content (AvgIpc) is 3.32. The van der Waals surface area contributed by atoms with Gasteiger partial charge in [-0.15, -0.1) is 0 Å². The molecule has 4 heterocycles. The lowest BCUT2D eigenvalue weighted by Crippen LogP contribution is -2.36. The van der Waals surface area contributed by atoms with E-state index >= 15 is 0 Å². The lowest BCUT2D eigenvalue weighted by atomic mass is 9.93. The maximum atomic E-state index is 13.6. The molecule has 2 aromatic rings. The first-order chi connectivity index (χ1) is 16.3. The van der Waals surface area contributed by atoms with Gasteiger partial charge in [0.15, 0.2) is 0 Å². The van der Waals surface area contributed by atoms with Gasteiger partial charge in [-0.1, -0.05) is 6.07 Å². The Labute approximate surface area is 199 Å². The van der Waals surface area contributed by atoms with Crippen molar-refractivity contribution in [2.24, 2.45) is 5.92 Å². The van der Waals surface area contributed by atoms with E-state index in [2.05, 4.69) is 27.3 Å². The number of carbonyl (C=O) groups is 1. The van der Waals surface area contributed by atoms with Gasteiger partial charge >= 0.3 is 0 Å². The predicted molar refractivity (Wildman–Crippen MR) is 129 cm³/mol. The first-order valence-electron chi connectivity index (χ1n) is 11.9. The van der Waals surface area contributed by atoms with Crippen LogP contribution in [0.1, 0.15) is 43.5 Å². The number of allylic oxidation sites excluding steroid dienone is 1. The van der Waals surface area contributed by atoms with Crippen LogP contribution in [0.3, 0.4) is 0 Å². The number of hydrogen-bond donors (Lipinski definition) is 2. The fraction of sp³-hybridized carbons (Fsp3) is 0.407. The summed E-state index contributed by atoms with van der Waals surface area (Å²) < 4.78 is 19.8. The van der Waals surface area contributed by atoms with Gasteiger partial charge in [-0.05, 0) is 76.0 Å². The quantitative estimate of drug-likeness (QED) is 0.655. The van der Waals surface area contributed by atoms with Gasteiger partial charge in [0, 0.05) is 48.2 Å². The average molecular weight is 464 g/mol. The molecule has 3 aliphatic heterocycles. The highest BCUT2D eigenvalue weighted by molar-refractivity contribution is 6.32. The molecule has 0 saturated carbocycles. The van der Waals surface area contributed by atoms with Crippen molar-refractivity contribution in [1.29, 1.82) is 0 Å². The van der Waals surface area contributed by atoms with Crippen molar-refractivity contribution < 1.29 is 19.0 Å². The zero-order chi connectivity index (χ0) is 23.9. The Morgan fingerprint density at radius 2 is 2.03 bits per heavy atom. The number of nitrogens with one attached hydrogen (secondary N) is 1. The number of hydrogen-bond acceptors (Lipinski definition) is 5. The summed E-state index contributed by atoms with van der Waals surface area (Å²) in [5.74, 6) is 0.248. The number of aromatic nitrogens is 1. The molecule has 178 valence electrons. The van der Waals surface area contributed by atoms with E-state index in [4.69, 9.17) is 4.74 Å². The topological polar surface area (TPSA) is 74.7 Å². The van der Waals surface area contributed by atoms with Gasteiger partial charge in [0.2, 0.25) is 0 Å². The van der Waals surface area contributed by atoms with E-state index in [0.29, 0.717) is 35.1 Å². The molecule has 0 bridgehead atoms. The molecule has 1 fully saturated rings. The summed E-state index contributed by atoms with van der Waals surface area (Å²) in [4.78, 5) is 19.8. The highest BCUT2D eigenvalue weighted by atomic mass is 19.1. The van der Waals surface area contributed by atoms with E-state index in [1.165, 1.54) is 12.1 Å². The number of nitrogens with zero attached hydrogens (tertiary/aromatic N) is 2. The summed E-state index contributed by atoms with van der Waals surface area (Å²) in [6.07, 6.45) is 6.76. The zero-order valence-corrected chi connectivity index (χ0v) is 19.6. The van der Waals surface area contributed by atoms with Crippen molar-refractivity contribution >= 4 is 22.7 Å². The molecule has 0 atom stereocenters. The fourth-order valence-electron chi connectivity index (χ4n) is 5.00. The predicted octanol–water partition coefficient (Wildman–Crippen LogP) is 4.02. The summed E-state index contributed by atoms with van der Waals surface area (Å²) in [7, 11) is 0. The second-order valence-electron chi connectivity index (χ2n) is 9.81. The van der Waals surface area contributed by atoms with Gasteiger partial charge in [-0.3, -0.25) is 9.78 Å². The fourth-order valence-corrected chi connectivity index (χ4v) is 5.00. The third-order valence-electron chi connectivity index (χ3n) is 7.05. The minimum atomic E-state index is -0.633. The number of rotatable bonds is 5. The van der Waals surface area contributed by atoms with Crippen LogP contribution in [0.4, 0.5) is 10.1 Å². The number of ether oxygens (including phenoxy) is 1. The van der Waals surface area contributed by atoms with Gasteiger partial charge in [0.1, 0.15) is 17.2 Å². The molecular weight excluding hydrogens is 433 g/mol. The molecular formula is C27H30FN3O3. The molecule has 1 aromatic carbocycles. The summed E-state index contributed by atoms with van der Waals surface area (Å²) >= 11 is 0. The normalized spacial score (nSPS) is 22.4. The maximum Gasteiger partial charge on any atom is 0.260 e. The monoisotopic (exact) mass is 463 g/mol. The summed E-state index contributed by atoms with van der Waals surface area (Å²) in [6.45, 7) is 7.25. The van der Waals surface area contributed by atoms with E-state index in [9.17, 15) is 14.3 Å². The molecule has 2 N–H and O–H groups in total. The molecule has 6 nitrogen and oxygen atoms in total. The van der Waals surface area contributed by atoms with Gasteiger partial charge < -0.3 is 20.1 Å². The number of fused-ring (bicyclic) bond motifs is 1. The van der Waals surface area contributed by atoms with E-state index in [-0.39, 0.29) is 5.91 Å². The minimum absolute atomic E-state index is 0.291. The van der Waals surface area contributed by atoms with Crippen molar-refractivity contribution in [2.45, 2.75) is 38.7 Å². The standard InChI is InChI=1S/C27H30FN3O3/c1-27(2)22(14-24(34-27)25-21-6-4-19(28)13-23(21)30-26(25)33)18-3-5-20(29-15-18)9-12-31-10-7-17(16-32)8-11-31/h3-6,13-15,17,32H,7-12,16H2,1-2H3,(H,30,33). The van der Waals surface area contributed by atoms with Crippen molar-refractivity contribution in [3.05, 3.63) is 71.0 Å². The van der Waals surface area contributed by atoms with Crippen LogP contribution < -0.4 is 5.32 Å². The molecule has 0 spiro atoms. The lowest BCUT2D eigenvalue weighted by molar-refractivity contribution is -0.111. The Balaban J connectivity index is 1.33. The van der Waals surface area contributed by atoms with E-state index < -0.39 is 11.4 Å². The third kappa shape index (κ3) is 4.38. The number of pyridine rings is 1. The van der Waals surface area contributed by atoms with Crippen molar-refractivity contribution in [3.8, 4) is 0 Å². The molecule has 1 amide bonds. The lowest BCUT2D eigenvalue weighted by Gasteiger charge is -2.30. The maximum absolute atomic E-state index is 13.6. The number of anilines is 1. The van der Waals surface area contributed by atoms with Crippen LogP contribution in [-0.4, -0.2) is 52.7 Å². The molecule has 1 aromatic heterocycles.